The molecule has 0 unspecified atom stereocenters. The number of thiophene rings is 1. The third-order valence-electron chi connectivity index (χ3n) is 2.58. The summed E-state index contributed by atoms with van der Waals surface area (Å²) in [4.78, 5) is 15.6. The molecule has 1 rings (SSSR count). The number of hydrogen-bond acceptors (Lipinski definition) is 4. The molecule has 5 heteroatoms. The molecule has 1 aromatic rings. The van der Waals surface area contributed by atoms with Crippen molar-refractivity contribution in [2.24, 2.45) is 0 Å². The van der Waals surface area contributed by atoms with Crippen LogP contribution in [0.2, 0.25) is 0 Å². The van der Waals surface area contributed by atoms with Crippen molar-refractivity contribution < 1.29 is 9.90 Å². The van der Waals surface area contributed by atoms with E-state index in [4.69, 9.17) is 5.11 Å². The van der Waals surface area contributed by atoms with Crippen LogP contribution in [0.1, 0.15) is 23.1 Å². The van der Waals surface area contributed by atoms with Gasteiger partial charge < -0.3 is 10.4 Å². The molecule has 1 aromatic heterocycles. The normalized spacial score (nSPS) is 10.1. The SMILES string of the molecule is CCN(CC(=O)NC)Cc1ccc(C#CCCO)s1. The average Bonchev–Trinajstić information content (AvgIpc) is 2.85. The van der Waals surface area contributed by atoms with Gasteiger partial charge in [-0.2, -0.15) is 0 Å². The number of nitrogens with zero attached hydrogens (tertiary/aromatic N) is 1. The number of rotatable bonds is 6. The zero-order valence-electron chi connectivity index (χ0n) is 11.4. The Morgan fingerprint density at radius 1 is 1.53 bits per heavy atom. The largest absolute Gasteiger partial charge is 0.395 e. The van der Waals surface area contributed by atoms with E-state index in [9.17, 15) is 4.79 Å². The molecule has 104 valence electrons. The van der Waals surface area contributed by atoms with Gasteiger partial charge in [-0.15, -0.1) is 11.3 Å². The average molecular weight is 280 g/mol. The van der Waals surface area contributed by atoms with Crippen LogP contribution in [-0.2, 0) is 11.3 Å². The molecule has 1 amide bonds. The van der Waals surface area contributed by atoms with E-state index in [-0.39, 0.29) is 12.5 Å². The number of hydrogen-bond donors (Lipinski definition) is 2. The Hall–Kier alpha value is -1.35. The zero-order chi connectivity index (χ0) is 14.1. The predicted molar refractivity (Wildman–Crippen MR) is 77.9 cm³/mol. The lowest BCUT2D eigenvalue weighted by Gasteiger charge is -2.18. The smallest absolute Gasteiger partial charge is 0.233 e. The first-order valence-electron chi connectivity index (χ1n) is 6.31. The van der Waals surface area contributed by atoms with E-state index in [1.165, 1.54) is 4.88 Å². The summed E-state index contributed by atoms with van der Waals surface area (Å²) in [5.41, 5.74) is 0. The Morgan fingerprint density at radius 3 is 2.95 bits per heavy atom. The predicted octanol–water partition coefficient (Wildman–Crippen LogP) is 1.05. The first-order chi connectivity index (χ1) is 9.19. The van der Waals surface area contributed by atoms with E-state index >= 15 is 0 Å². The van der Waals surface area contributed by atoms with E-state index in [0.717, 1.165) is 18.0 Å². The van der Waals surface area contributed by atoms with Crippen molar-refractivity contribution in [2.75, 3.05) is 26.7 Å². The Balaban J connectivity index is 2.56. The van der Waals surface area contributed by atoms with Gasteiger partial charge in [0.15, 0.2) is 0 Å². The Morgan fingerprint density at radius 2 is 2.32 bits per heavy atom. The Labute approximate surface area is 118 Å². The van der Waals surface area contributed by atoms with E-state index in [1.807, 2.05) is 19.1 Å². The summed E-state index contributed by atoms with van der Waals surface area (Å²) in [6.07, 6.45) is 0.505. The van der Waals surface area contributed by atoms with Crippen molar-refractivity contribution in [1.29, 1.82) is 0 Å². The standard InChI is InChI=1S/C14H20N2O2S/c1-3-16(11-14(18)15-2)10-13-8-7-12(19-13)6-4-5-9-17/h7-8,17H,3,5,9-11H2,1-2H3,(H,15,18). The van der Waals surface area contributed by atoms with Crippen LogP contribution in [0.15, 0.2) is 12.1 Å². The van der Waals surface area contributed by atoms with Gasteiger partial charge in [0.05, 0.1) is 18.0 Å². The third kappa shape index (κ3) is 5.88. The number of likely N-dealkylation sites (N-methyl/N-ethyl adjacent to an activating group) is 2. The molecular weight excluding hydrogens is 260 g/mol. The maximum absolute atomic E-state index is 11.4. The van der Waals surface area contributed by atoms with Crippen LogP contribution in [0.5, 0.6) is 0 Å². The van der Waals surface area contributed by atoms with Crippen LogP contribution in [0.3, 0.4) is 0 Å². The van der Waals surface area contributed by atoms with E-state index in [2.05, 4.69) is 22.1 Å². The third-order valence-corrected chi connectivity index (χ3v) is 3.57. The van der Waals surface area contributed by atoms with Gasteiger partial charge in [-0.25, -0.2) is 0 Å². The molecule has 4 nitrogen and oxygen atoms in total. The van der Waals surface area contributed by atoms with Crippen LogP contribution in [-0.4, -0.2) is 42.7 Å². The number of nitrogens with one attached hydrogen (secondary N) is 1. The van der Waals surface area contributed by atoms with Crippen LogP contribution in [0.25, 0.3) is 0 Å². The van der Waals surface area contributed by atoms with Crippen molar-refractivity contribution in [3.8, 4) is 11.8 Å². The van der Waals surface area contributed by atoms with Gasteiger partial charge in [0, 0.05) is 24.9 Å². The van der Waals surface area contributed by atoms with Crippen molar-refractivity contribution in [2.45, 2.75) is 19.9 Å². The molecule has 19 heavy (non-hydrogen) atoms. The van der Waals surface area contributed by atoms with Gasteiger partial charge >= 0.3 is 0 Å². The minimum atomic E-state index is 0.0290. The van der Waals surface area contributed by atoms with Crippen LogP contribution in [0.4, 0.5) is 0 Å². The molecule has 0 atom stereocenters. The van der Waals surface area contributed by atoms with Gasteiger partial charge in [-0.05, 0) is 18.7 Å². The van der Waals surface area contributed by atoms with E-state index < -0.39 is 0 Å². The van der Waals surface area contributed by atoms with Gasteiger partial charge in [0.1, 0.15) is 0 Å². The van der Waals surface area contributed by atoms with E-state index in [1.54, 1.807) is 18.4 Å². The van der Waals surface area contributed by atoms with E-state index in [0.29, 0.717) is 13.0 Å². The van der Waals surface area contributed by atoms with Crippen molar-refractivity contribution in [3.05, 3.63) is 21.9 Å². The van der Waals surface area contributed by atoms with Gasteiger partial charge in [0.25, 0.3) is 0 Å². The summed E-state index contributed by atoms with van der Waals surface area (Å²) in [5, 5.41) is 11.3. The van der Waals surface area contributed by atoms with Gasteiger partial charge in [-0.1, -0.05) is 18.8 Å². The highest BCUT2D eigenvalue weighted by Gasteiger charge is 2.09. The van der Waals surface area contributed by atoms with Crippen molar-refractivity contribution >= 4 is 17.2 Å². The molecule has 0 aliphatic carbocycles. The number of amides is 1. The lowest BCUT2D eigenvalue weighted by atomic mass is 10.3. The summed E-state index contributed by atoms with van der Waals surface area (Å²) in [5.74, 6) is 5.95. The highest BCUT2D eigenvalue weighted by Crippen LogP contribution is 2.17. The fourth-order valence-electron chi connectivity index (χ4n) is 1.52. The summed E-state index contributed by atoms with van der Waals surface area (Å²) >= 11 is 1.63. The van der Waals surface area contributed by atoms with Crippen molar-refractivity contribution in [1.82, 2.24) is 10.2 Å². The summed E-state index contributed by atoms with van der Waals surface area (Å²) in [6.45, 7) is 4.14. The van der Waals surface area contributed by atoms with Gasteiger partial charge in [-0.3, -0.25) is 9.69 Å². The highest BCUT2D eigenvalue weighted by molar-refractivity contribution is 7.12. The highest BCUT2D eigenvalue weighted by atomic mass is 32.1. The quantitative estimate of drug-likeness (QED) is 0.766. The van der Waals surface area contributed by atoms with Crippen LogP contribution >= 0.6 is 11.3 Å². The first kappa shape index (κ1) is 15.7. The number of aliphatic hydroxyl groups excluding tert-OH is 1. The Kier molecular flexibility index (Phi) is 7.19. The second kappa shape index (κ2) is 8.70. The first-order valence-corrected chi connectivity index (χ1v) is 7.12. The second-order valence-electron chi connectivity index (χ2n) is 4.02. The van der Waals surface area contributed by atoms with Gasteiger partial charge in [0.2, 0.25) is 5.91 Å². The molecule has 0 radical (unpaired) electrons. The van der Waals surface area contributed by atoms with Crippen LogP contribution in [0, 0.1) is 11.8 Å². The molecule has 1 heterocycles. The minimum absolute atomic E-state index is 0.0290. The fraction of sp³-hybridized carbons (Fsp3) is 0.500. The number of carbonyl (C=O) groups is 1. The molecule has 0 aliphatic rings. The summed E-state index contributed by atoms with van der Waals surface area (Å²) in [6, 6.07) is 4.03. The molecule has 0 aromatic carbocycles. The fourth-order valence-corrected chi connectivity index (χ4v) is 2.44. The van der Waals surface area contributed by atoms with Crippen LogP contribution < -0.4 is 5.32 Å². The second-order valence-corrected chi connectivity index (χ2v) is 5.19. The molecule has 0 spiro atoms. The Bertz CT molecular complexity index is 460. The molecule has 0 fully saturated rings. The van der Waals surface area contributed by atoms with Crippen molar-refractivity contribution in [3.63, 3.8) is 0 Å². The molecule has 0 bridgehead atoms. The summed E-state index contributed by atoms with van der Waals surface area (Å²) < 4.78 is 0. The molecular formula is C14H20N2O2S. The topological polar surface area (TPSA) is 52.6 Å². The lowest BCUT2D eigenvalue weighted by Crippen LogP contribution is -2.34. The maximum Gasteiger partial charge on any atom is 0.233 e. The number of aliphatic hydroxyl groups is 1. The monoisotopic (exact) mass is 280 g/mol. The molecule has 0 aliphatic heterocycles. The number of carbonyl (C=O) groups excluding carboxylic acids is 1. The maximum atomic E-state index is 11.4. The summed E-state index contributed by atoms with van der Waals surface area (Å²) in [7, 11) is 1.65. The lowest BCUT2D eigenvalue weighted by molar-refractivity contribution is -0.121. The molecule has 0 saturated heterocycles. The zero-order valence-corrected chi connectivity index (χ0v) is 12.2. The minimum Gasteiger partial charge on any atom is -0.395 e. The molecule has 2 N–H and O–H groups in total. The molecule has 0 saturated carbocycles.